The van der Waals surface area contributed by atoms with Crippen LogP contribution >= 0.6 is 0 Å². The third kappa shape index (κ3) is 4.99. The van der Waals surface area contributed by atoms with Crippen LogP contribution in [0.3, 0.4) is 0 Å². The molecule has 1 heterocycles. The van der Waals surface area contributed by atoms with Crippen LogP contribution in [0.2, 0.25) is 0 Å². The number of aliphatic hydroxyl groups excluding tert-OH is 1. The summed E-state index contributed by atoms with van der Waals surface area (Å²) in [6.07, 6.45) is 1.24. The van der Waals surface area contributed by atoms with Crippen molar-refractivity contribution in [2.24, 2.45) is 17.6 Å². The molecule has 1 aliphatic rings. The Hall–Kier alpha value is -0.810. The van der Waals surface area contributed by atoms with Gasteiger partial charge in [-0.2, -0.15) is 0 Å². The van der Waals surface area contributed by atoms with Crippen molar-refractivity contribution in [3.05, 3.63) is 0 Å². The second kappa shape index (κ2) is 6.57. The van der Waals surface area contributed by atoms with Crippen molar-refractivity contribution in [2.75, 3.05) is 19.6 Å². The van der Waals surface area contributed by atoms with Gasteiger partial charge < -0.3 is 20.5 Å². The number of rotatable bonds is 3. The number of aliphatic hydroxyl groups is 1. The normalized spacial score (nSPS) is 23.9. The van der Waals surface area contributed by atoms with Gasteiger partial charge in [0, 0.05) is 19.0 Å². The summed E-state index contributed by atoms with van der Waals surface area (Å²) in [5, 5.41) is 9.76. The Labute approximate surface area is 116 Å². The average molecular weight is 272 g/mol. The van der Waals surface area contributed by atoms with E-state index in [1.54, 1.807) is 11.8 Å². The first kappa shape index (κ1) is 16.2. The highest BCUT2D eigenvalue weighted by Crippen LogP contribution is 2.26. The SMILES string of the molecule is CC(O)C(CN)C1CCCN(C(=O)OC(C)(C)C)C1. The number of nitrogens with zero attached hydrogens (tertiary/aromatic N) is 1. The molecule has 1 amide bonds. The zero-order valence-corrected chi connectivity index (χ0v) is 12.6. The molecule has 3 atom stereocenters. The van der Waals surface area contributed by atoms with Crippen LogP contribution in [0.15, 0.2) is 0 Å². The van der Waals surface area contributed by atoms with E-state index in [-0.39, 0.29) is 17.9 Å². The highest BCUT2D eigenvalue weighted by Gasteiger charge is 2.32. The number of ether oxygens (including phenoxy) is 1. The highest BCUT2D eigenvalue weighted by atomic mass is 16.6. The fraction of sp³-hybridized carbons (Fsp3) is 0.929. The summed E-state index contributed by atoms with van der Waals surface area (Å²) in [4.78, 5) is 13.8. The molecule has 3 N–H and O–H groups in total. The van der Waals surface area contributed by atoms with E-state index in [1.165, 1.54) is 0 Å². The molecule has 0 aromatic rings. The molecular formula is C14H28N2O3. The number of hydrogen-bond acceptors (Lipinski definition) is 4. The van der Waals surface area contributed by atoms with Crippen molar-refractivity contribution in [1.29, 1.82) is 0 Å². The quantitative estimate of drug-likeness (QED) is 0.818. The van der Waals surface area contributed by atoms with Gasteiger partial charge in [-0.1, -0.05) is 0 Å². The molecule has 1 saturated heterocycles. The lowest BCUT2D eigenvalue weighted by molar-refractivity contribution is 0.00430. The third-order valence-corrected chi connectivity index (χ3v) is 3.61. The van der Waals surface area contributed by atoms with Crippen LogP contribution in [0.5, 0.6) is 0 Å². The molecule has 0 radical (unpaired) electrons. The Balaban J connectivity index is 2.61. The minimum Gasteiger partial charge on any atom is -0.444 e. The van der Waals surface area contributed by atoms with Crippen LogP contribution < -0.4 is 5.73 Å². The first-order valence-corrected chi connectivity index (χ1v) is 7.10. The van der Waals surface area contributed by atoms with E-state index in [9.17, 15) is 9.90 Å². The Morgan fingerprint density at radius 3 is 2.63 bits per heavy atom. The fourth-order valence-electron chi connectivity index (χ4n) is 2.64. The van der Waals surface area contributed by atoms with E-state index in [0.717, 1.165) is 19.4 Å². The molecule has 19 heavy (non-hydrogen) atoms. The summed E-state index contributed by atoms with van der Waals surface area (Å²) in [7, 11) is 0. The Bertz CT molecular complexity index is 300. The molecule has 0 saturated carbocycles. The summed E-state index contributed by atoms with van der Waals surface area (Å²) < 4.78 is 5.39. The molecule has 0 spiro atoms. The zero-order valence-electron chi connectivity index (χ0n) is 12.6. The third-order valence-electron chi connectivity index (χ3n) is 3.61. The number of carbonyl (C=O) groups excluding carboxylic acids is 1. The van der Waals surface area contributed by atoms with Gasteiger partial charge in [0.25, 0.3) is 0 Å². The largest absolute Gasteiger partial charge is 0.444 e. The average Bonchev–Trinajstić information content (AvgIpc) is 2.27. The van der Waals surface area contributed by atoms with E-state index < -0.39 is 11.7 Å². The molecular weight excluding hydrogens is 244 g/mol. The first-order valence-electron chi connectivity index (χ1n) is 7.10. The minimum absolute atomic E-state index is 0.0465. The predicted octanol–water partition coefficient (Wildman–Crippen LogP) is 1.59. The Morgan fingerprint density at radius 1 is 1.53 bits per heavy atom. The smallest absolute Gasteiger partial charge is 0.410 e. The Kier molecular flexibility index (Phi) is 5.62. The maximum atomic E-state index is 12.1. The van der Waals surface area contributed by atoms with Crippen LogP contribution in [0.1, 0.15) is 40.5 Å². The molecule has 1 rings (SSSR count). The van der Waals surface area contributed by atoms with E-state index in [4.69, 9.17) is 10.5 Å². The molecule has 1 aliphatic heterocycles. The number of hydrogen-bond donors (Lipinski definition) is 2. The number of nitrogens with two attached hydrogens (primary N) is 1. The maximum absolute atomic E-state index is 12.1. The maximum Gasteiger partial charge on any atom is 0.410 e. The lowest BCUT2D eigenvalue weighted by Crippen LogP contribution is -2.47. The minimum atomic E-state index is -0.471. The monoisotopic (exact) mass is 272 g/mol. The standard InChI is InChI=1S/C14H28N2O3/c1-10(17)12(8-15)11-6-5-7-16(9-11)13(18)19-14(2,3)4/h10-12,17H,5-9,15H2,1-4H3. The lowest BCUT2D eigenvalue weighted by atomic mass is 9.82. The van der Waals surface area contributed by atoms with Crippen molar-refractivity contribution in [3.63, 3.8) is 0 Å². The second-order valence-electron chi connectivity index (χ2n) is 6.47. The number of likely N-dealkylation sites (tertiary alicyclic amines) is 1. The lowest BCUT2D eigenvalue weighted by Gasteiger charge is -2.38. The summed E-state index contributed by atoms with van der Waals surface area (Å²) in [6.45, 7) is 9.17. The molecule has 0 aromatic carbocycles. The van der Waals surface area contributed by atoms with Crippen molar-refractivity contribution in [2.45, 2.75) is 52.2 Å². The molecule has 3 unspecified atom stereocenters. The molecule has 1 fully saturated rings. The van der Waals surface area contributed by atoms with E-state index in [0.29, 0.717) is 13.1 Å². The molecule has 112 valence electrons. The Morgan fingerprint density at radius 2 is 2.16 bits per heavy atom. The first-order chi connectivity index (χ1) is 8.74. The summed E-state index contributed by atoms with van der Waals surface area (Å²) in [5.41, 5.74) is 5.26. The van der Waals surface area contributed by atoms with Gasteiger partial charge in [0.1, 0.15) is 5.60 Å². The van der Waals surface area contributed by atoms with Crippen LogP contribution in [0.25, 0.3) is 0 Å². The topological polar surface area (TPSA) is 75.8 Å². The number of carbonyl (C=O) groups is 1. The molecule has 0 bridgehead atoms. The van der Waals surface area contributed by atoms with Gasteiger partial charge in [0.2, 0.25) is 0 Å². The predicted molar refractivity (Wildman–Crippen MR) is 74.8 cm³/mol. The van der Waals surface area contributed by atoms with Gasteiger partial charge in [-0.15, -0.1) is 0 Å². The molecule has 5 nitrogen and oxygen atoms in total. The summed E-state index contributed by atoms with van der Waals surface area (Å²) in [6, 6.07) is 0. The van der Waals surface area contributed by atoms with Crippen molar-refractivity contribution < 1.29 is 14.6 Å². The molecule has 5 heteroatoms. The van der Waals surface area contributed by atoms with Gasteiger partial charge in [0.15, 0.2) is 0 Å². The fourth-order valence-corrected chi connectivity index (χ4v) is 2.64. The molecule has 0 aliphatic carbocycles. The van der Waals surface area contributed by atoms with Crippen LogP contribution in [-0.2, 0) is 4.74 Å². The second-order valence-corrected chi connectivity index (χ2v) is 6.47. The van der Waals surface area contributed by atoms with Gasteiger partial charge in [-0.25, -0.2) is 4.79 Å². The van der Waals surface area contributed by atoms with Crippen molar-refractivity contribution >= 4 is 6.09 Å². The van der Waals surface area contributed by atoms with E-state index in [1.807, 2.05) is 20.8 Å². The molecule has 0 aromatic heterocycles. The number of piperidine rings is 1. The summed E-state index contributed by atoms with van der Waals surface area (Å²) in [5.74, 6) is 0.302. The highest BCUT2D eigenvalue weighted by molar-refractivity contribution is 5.68. The van der Waals surface area contributed by atoms with Crippen LogP contribution in [0.4, 0.5) is 4.79 Å². The number of amides is 1. The van der Waals surface area contributed by atoms with Crippen molar-refractivity contribution in [1.82, 2.24) is 4.90 Å². The van der Waals surface area contributed by atoms with Gasteiger partial charge >= 0.3 is 6.09 Å². The van der Waals surface area contributed by atoms with Crippen molar-refractivity contribution in [3.8, 4) is 0 Å². The van der Waals surface area contributed by atoms with Gasteiger partial charge in [-0.3, -0.25) is 0 Å². The van der Waals surface area contributed by atoms with E-state index >= 15 is 0 Å². The zero-order chi connectivity index (χ0) is 14.6. The van der Waals surface area contributed by atoms with Gasteiger partial charge in [-0.05, 0) is 53.0 Å². The summed E-state index contributed by atoms with van der Waals surface area (Å²) >= 11 is 0. The van der Waals surface area contributed by atoms with Gasteiger partial charge in [0.05, 0.1) is 6.10 Å². The van der Waals surface area contributed by atoms with Crippen LogP contribution in [0, 0.1) is 11.8 Å². The van der Waals surface area contributed by atoms with Crippen LogP contribution in [-0.4, -0.2) is 47.4 Å². The van der Waals surface area contributed by atoms with E-state index in [2.05, 4.69) is 0 Å².